The molecule has 0 atom stereocenters. The largest absolute Gasteiger partial charge is 0.506 e. The second-order valence-corrected chi connectivity index (χ2v) is 6.50. The van der Waals surface area contributed by atoms with Gasteiger partial charge in [-0.2, -0.15) is 5.10 Å². The Hall–Kier alpha value is -2.19. The highest BCUT2D eigenvalue weighted by Crippen LogP contribution is 2.32. The highest BCUT2D eigenvalue weighted by Gasteiger charge is 2.07. The van der Waals surface area contributed by atoms with E-state index in [1.54, 1.807) is 36.4 Å². The summed E-state index contributed by atoms with van der Waals surface area (Å²) >= 11 is 6.44. The number of hydrogen-bond donors (Lipinski definition) is 3. The Kier molecular flexibility index (Phi) is 6.10. The van der Waals surface area contributed by atoms with Gasteiger partial charge >= 0.3 is 0 Å². The van der Waals surface area contributed by atoms with E-state index in [0.29, 0.717) is 25.8 Å². The van der Waals surface area contributed by atoms with E-state index < -0.39 is 5.91 Å². The van der Waals surface area contributed by atoms with Crippen molar-refractivity contribution >= 4 is 55.6 Å². The summed E-state index contributed by atoms with van der Waals surface area (Å²) in [6.45, 7) is 1.39. The highest BCUT2D eigenvalue weighted by molar-refractivity contribution is 9.11. The summed E-state index contributed by atoms with van der Waals surface area (Å²) in [5.74, 6) is -0.532. The van der Waals surface area contributed by atoms with E-state index >= 15 is 0 Å². The maximum Gasteiger partial charge on any atom is 0.271 e. The molecule has 2 rings (SSSR count). The molecule has 0 heterocycles. The van der Waals surface area contributed by atoms with Crippen molar-refractivity contribution in [2.75, 3.05) is 5.32 Å². The van der Waals surface area contributed by atoms with Gasteiger partial charge in [-0.05, 0) is 67.8 Å². The fourth-order valence-corrected chi connectivity index (χ4v) is 3.05. The van der Waals surface area contributed by atoms with E-state index in [0.717, 1.165) is 0 Å². The van der Waals surface area contributed by atoms with Gasteiger partial charge in [0.1, 0.15) is 5.75 Å². The Bertz CT molecular complexity index is 799. The molecule has 0 aromatic heterocycles. The Labute approximate surface area is 155 Å². The lowest BCUT2D eigenvalue weighted by Gasteiger charge is -2.05. The van der Waals surface area contributed by atoms with E-state index in [2.05, 4.69) is 47.7 Å². The number of benzene rings is 2. The monoisotopic (exact) mass is 453 g/mol. The standard InChI is InChI=1S/C16H13Br2N3O3/c1-9(22)20-12-4-2-3-11(7-12)16(24)21-19-8-10-5-13(17)15(23)14(18)6-10/h2-8,23H,1H3,(H,20,22)(H,21,24)/b19-8+. The van der Waals surface area contributed by atoms with Crippen LogP contribution in [0.2, 0.25) is 0 Å². The lowest BCUT2D eigenvalue weighted by molar-refractivity contribution is -0.114. The Balaban J connectivity index is 2.06. The first-order valence-electron chi connectivity index (χ1n) is 6.76. The first kappa shape index (κ1) is 18.2. The van der Waals surface area contributed by atoms with Gasteiger partial charge < -0.3 is 10.4 Å². The van der Waals surface area contributed by atoms with Crippen molar-refractivity contribution in [3.05, 3.63) is 56.5 Å². The Morgan fingerprint density at radius 2 is 1.83 bits per heavy atom. The zero-order chi connectivity index (χ0) is 17.7. The van der Waals surface area contributed by atoms with Gasteiger partial charge in [0.15, 0.2) is 0 Å². The van der Waals surface area contributed by atoms with Crippen LogP contribution in [0.4, 0.5) is 5.69 Å². The van der Waals surface area contributed by atoms with E-state index in [4.69, 9.17) is 0 Å². The van der Waals surface area contributed by atoms with Crippen molar-refractivity contribution in [2.45, 2.75) is 6.92 Å². The summed E-state index contributed by atoms with van der Waals surface area (Å²) in [6, 6.07) is 9.84. The molecule has 0 aliphatic rings. The molecule has 3 N–H and O–H groups in total. The topological polar surface area (TPSA) is 90.8 Å². The number of carbonyl (C=O) groups is 2. The molecule has 2 aromatic rings. The second-order valence-electron chi connectivity index (χ2n) is 4.79. The van der Waals surface area contributed by atoms with E-state index in [1.807, 2.05) is 0 Å². The number of halogens is 2. The van der Waals surface area contributed by atoms with E-state index in [-0.39, 0.29) is 11.7 Å². The second kappa shape index (κ2) is 8.07. The third-order valence-electron chi connectivity index (χ3n) is 2.86. The van der Waals surface area contributed by atoms with Crippen molar-refractivity contribution in [1.82, 2.24) is 5.43 Å². The van der Waals surface area contributed by atoms with Crippen LogP contribution in [0.15, 0.2) is 50.4 Å². The fraction of sp³-hybridized carbons (Fsp3) is 0.0625. The molecule has 2 aromatic carbocycles. The molecule has 2 amide bonds. The summed E-state index contributed by atoms with van der Waals surface area (Å²) in [4.78, 5) is 23.1. The predicted molar refractivity (Wildman–Crippen MR) is 99.3 cm³/mol. The van der Waals surface area contributed by atoms with Gasteiger partial charge in [0.25, 0.3) is 5.91 Å². The van der Waals surface area contributed by atoms with Crippen LogP contribution in [0.1, 0.15) is 22.8 Å². The maximum atomic E-state index is 12.1. The summed E-state index contributed by atoms with van der Waals surface area (Å²) in [6.07, 6.45) is 1.45. The first-order chi connectivity index (χ1) is 11.4. The average molecular weight is 455 g/mol. The van der Waals surface area contributed by atoms with Gasteiger partial charge in [-0.1, -0.05) is 6.07 Å². The molecular formula is C16H13Br2N3O3. The molecule has 0 spiro atoms. The van der Waals surface area contributed by atoms with Gasteiger partial charge in [0.05, 0.1) is 15.2 Å². The first-order valence-corrected chi connectivity index (χ1v) is 8.34. The fourth-order valence-electron chi connectivity index (χ4n) is 1.83. The molecule has 0 fully saturated rings. The van der Waals surface area contributed by atoms with Crippen LogP contribution in [0.5, 0.6) is 5.75 Å². The van der Waals surface area contributed by atoms with Crippen molar-refractivity contribution in [1.29, 1.82) is 0 Å². The van der Waals surface area contributed by atoms with Crippen LogP contribution in [0.3, 0.4) is 0 Å². The number of anilines is 1. The van der Waals surface area contributed by atoms with Gasteiger partial charge in [-0.25, -0.2) is 5.43 Å². The zero-order valence-electron chi connectivity index (χ0n) is 12.5. The zero-order valence-corrected chi connectivity index (χ0v) is 15.7. The molecular weight excluding hydrogens is 442 g/mol. The van der Waals surface area contributed by atoms with Gasteiger partial charge in [0, 0.05) is 18.2 Å². The Morgan fingerprint density at radius 3 is 2.46 bits per heavy atom. The molecule has 0 aliphatic carbocycles. The Morgan fingerprint density at radius 1 is 1.17 bits per heavy atom. The number of amides is 2. The molecule has 0 radical (unpaired) electrons. The molecule has 0 unspecified atom stereocenters. The van der Waals surface area contributed by atoms with Gasteiger partial charge in [-0.15, -0.1) is 0 Å². The minimum absolute atomic E-state index is 0.0889. The third-order valence-corrected chi connectivity index (χ3v) is 4.07. The number of nitrogens with one attached hydrogen (secondary N) is 2. The predicted octanol–water partition coefficient (Wildman–Crippen LogP) is 3.64. The summed E-state index contributed by atoms with van der Waals surface area (Å²) in [5, 5.41) is 16.1. The normalized spacial score (nSPS) is 10.6. The number of nitrogens with zero attached hydrogens (tertiary/aromatic N) is 1. The number of phenols is 1. The quantitative estimate of drug-likeness (QED) is 0.486. The summed E-state index contributed by atoms with van der Waals surface area (Å²) < 4.78 is 1.01. The van der Waals surface area contributed by atoms with Gasteiger partial charge in [-0.3, -0.25) is 9.59 Å². The number of phenolic OH excluding ortho intramolecular Hbond substituents is 1. The summed E-state index contributed by atoms with van der Waals surface area (Å²) in [7, 11) is 0. The van der Waals surface area contributed by atoms with Crippen molar-refractivity contribution in [2.24, 2.45) is 5.10 Å². The third kappa shape index (κ3) is 4.90. The number of hydrazone groups is 1. The van der Waals surface area contributed by atoms with Crippen molar-refractivity contribution in [3.8, 4) is 5.75 Å². The van der Waals surface area contributed by atoms with Crippen LogP contribution in [0.25, 0.3) is 0 Å². The van der Waals surface area contributed by atoms with E-state index in [9.17, 15) is 14.7 Å². The van der Waals surface area contributed by atoms with Crippen molar-refractivity contribution in [3.63, 3.8) is 0 Å². The number of aromatic hydroxyl groups is 1. The average Bonchev–Trinajstić information content (AvgIpc) is 2.52. The van der Waals surface area contributed by atoms with Crippen LogP contribution in [-0.2, 0) is 4.79 Å². The minimum atomic E-state index is -0.407. The number of carbonyl (C=O) groups excluding carboxylic acids is 2. The number of rotatable bonds is 4. The molecule has 24 heavy (non-hydrogen) atoms. The summed E-state index contributed by atoms with van der Waals surface area (Å²) in [5.41, 5.74) is 3.99. The van der Waals surface area contributed by atoms with E-state index in [1.165, 1.54) is 13.1 Å². The smallest absolute Gasteiger partial charge is 0.271 e. The minimum Gasteiger partial charge on any atom is -0.506 e. The molecule has 0 aliphatic heterocycles. The highest BCUT2D eigenvalue weighted by atomic mass is 79.9. The lowest BCUT2D eigenvalue weighted by Crippen LogP contribution is -2.18. The van der Waals surface area contributed by atoms with Crippen LogP contribution < -0.4 is 10.7 Å². The molecule has 0 saturated heterocycles. The van der Waals surface area contributed by atoms with Crippen LogP contribution in [0, 0.1) is 0 Å². The van der Waals surface area contributed by atoms with Crippen LogP contribution in [-0.4, -0.2) is 23.1 Å². The maximum absolute atomic E-state index is 12.1. The molecule has 124 valence electrons. The molecule has 0 saturated carbocycles. The molecule has 8 heteroatoms. The molecule has 0 bridgehead atoms. The molecule has 6 nitrogen and oxygen atoms in total. The van der Waals surface area contributed by atoms with Gasteiger partial charge in [0.2, 0.25) is 5.91 Å². The van der Waals surface area contributed by atoms with Crippen LogP contribution >= 0.6 is 31.9 Å². The SMILES string of the molecule is CC(=O)Nc1cccc(C(=O)N/N=C/c2cc(Br)c(O)c(Br)c2)c1. The van der Waals surface area contributed by atoms with Crippen molar-refractivity contribution < 1.29 is 14.7 Å². The lowest BCUT2D eigenvalue weighted by atomic mass is 10.2. The number of hydrogen-bond acceptors (Lipinski definition) is 4.